The Morgan fingerprint density at radius 3 is 2.58 bits per heavy atom. The molecule has 1 N–H and O–H groups in total. The zero-order valence-electron chi connectivity index (χ0n) is 11.7. The monoisotopic (exact) mass is 254 g/mol. The minimum Gasteiger partial charge on any atom is -0.314 e. The molecule has 1 fully saturated rings. The van der Waals surface area contributed by atoms with Gasteiger partial charge in [-0.25, -0.2) is 0 Å². The SMILES string of the molecule is Cc1ccc2cc(CCN3CCNCC3)ccc2c1. The van der Waals surface area contributed by atoms with Crippen molar-refractivity contribution in [1.29, 1.82) is 0 Å². The standard InChI is InChI=1S/C17H22N2/c1-14-2-4-17-13-15(3-5-16(17)12-14)6-9-19-10-7-18-8-11-19/h2-5,12-13,18H,6-11H2,1H3. The molecular weight excluding hydrogens is 232 g/mol. The van der Waals surface area contributed by atoms with Crippen LogP contribution < -0.4 is 5.32 Å². The van der Waals surface area contributed by atoms with E-state index in [4.69, 9.17) is 0 Å². The van der Waals surface area contributed by atoms with Crippen LogP contribution in [-0.2, 0) is 6.42 Å². The van der Waals surface area contributed by atoms with Gasteiger partial charge in [0.1, 0.15) is 0 Å². The Bertz CT molecular complexity index is 556. The summed E-state index contributed by atoms with van der Waals surface area (Å²) in [6, 6.07) is 13.6. The third-order valence-electron chi connectivity index (χ3n) is 3.99. The van der Waals surface area contributed by atoms with E-state index in [1.807, 2.05) is 0 Å². The van der Waals surface area contributed by atoms with Crippen molar-refractivity contribution < 1.29 is 0 Å². The third-order valence-corrected chi connectivity index (χ3v) is 3.99. The lowest BCUT2D eigenvalue weighted by molar-refractivity contribution is 0.244. The van der Waals surface area contributed by atoms with Crippen molar-refractivity contribution in [3.05, 3.63) is 47.5 Å². The molecule has 1 heterocycles. The van der Waals surface area contributed by atoms with Gasteiger partial charge in [-0.2, -0.15) is 0 Å². The molecule has 0 unspecified atom stereocenters. The molecule has 0 saturated carbocycles. The van der Waals surface area contributed by atoms with Crippen LogP contribution in [0.5, 0.6) is 0 Å². The molecular formula is C17H22N2. The van der Waals surface area contributed by atoms with E-state index in [2.05, 4.69) is 53.5 Å². The van der Waals surface area contributed by atoms with Crippen LogP contribution in [0.4, 0.5) is 0 Å². The summed E-state index contributed by atoms with van der Waals surface area (Å²) in [5.41, 5.74) is 2.79. The fourth-order valence-electron chi connectivity index (χ4n) is 2.79. The number of fused-ring (bicyclic) bond motifs is 1. The molecule has 0 atom stereocenters. The summed E-state index contributed by atoms with van der Waals surface area (Å²) < 4.78 is 0. The molecule has 0 aromatic heterocycles. The summed E-state index contributed by atoms with van der Waals surface area (Å²) in [5, 5.41) is 6.12. The molecule has 100 valence electrons. The van der Waals surface area contributed by atoms with E-state index in [0.717, 1.165) is 19.5 Å². The van der Waals surface area contributed by atoms with Crippen molar-refractivity contribution in [2.75, 3.05) is 32.7 Å². The summed E-state index contributed by atoms with van der Waals surface area (Å²) >= 11 is 0. The van der Waals surface area contributed by atoms with Crippen LogP contribution in [0.2, 0.25) is 0 Å². The largest absolute Gasteiger partial charge is 0.314 e. The van der Waals surface area contributed by atoms with Crippen LogP contribution in [0.3, 0.4) is 0 Å². The normalized spacial score (nSPS) is 16.9. The first kappa shape index (κ1) is 12.6. The second kappa shape index (κ2) is 5.72. The Morgan fingerprint density at radius 2 is 1.74 bits per heavy atom. The Hall–Kier alpha value is -1.38. The molecule has 0 spiro atoms. The smallest absolute Gasteiger partial charge is 0.0108 e. The highest BCUT2D eigenvalue weighted by atomic mass is 15.2. The van der Waals surface area contributed by atoms with Gasteiger partial charge in [0.15, 0.2) is 0 Å². The summed E-state index contributed by atoms with van der Waals surface area (Å²) in [6.45, 7) is 7.98. The van der Waals surface area contributed by atoms with Gasteiger partial charge in [0.2, 0.25) is 0 Å². The molecule has 0 bridgehead atoms. The summed E-state index contributed by atoms with van der Waals surface area (Å²) in [7, 11) is 0. The highest BCUT2D eigenvalue weighted by Gasteiger charge is 2.08. The van der Waals surface area contributed by atoms with E-state index in [0.29, 0.717) is 0 Å². The molecule has 0 aliphatic carbocycles. The van der Waals surface area contributed by atoms with E-state index in [1.165, 1.54) is 41.5 Å². The highest BCUT2D eigenvalue weighted by Crippen LogP contribution is 2.18. The summed E-state index contributed by atoms with van der Waals surface area (Å²) in [4.78, 5) is 2.55. The van der Waals surface area contributed by atoms with Gasteiger partial charge in [-0.15, -0.1) is 0 Å². The second-order valence-electron chi connectivity index (χ2n) is 5.53. The summed E-state index contributed by atoms with van der Waals surface area (Å²) in [6.07, 6.45) is 1.16. The van der Waals surface area contributed by atoms with E-state index < -0.39 is 0 Å². The molecule has 1 aliphatic heterocycles. The first-order valence-corrected chi connectivity index (χ1v) is 7.24. The Labute approximate surface area is 115 Å². The number of benzene rings is 2. The number of piperazine rings is 1. The van der Waals surface area contributed by atoms with Crippen molar-refractivity contribution in [2.24, 2.45) is 0 Å². The maximum absolute atomic E-state index is 3.40. The number of aryl methyl sites for hydroxylation is 1. The molecule has 0 amide bonds. The van der Waals surface area contributed by atoms with Gasteiger partial charge in [-0.3, -0.25) is 0 Å². The lowest BCUT2D eigenvalue weighted by atomic mass is 10.0. The minimum absolute atomic E-state index is 1.14. The lowest BCUT2D eigenvalue weighted by Crippen LogP contribution is -2.44. The fraction of sp³-hybridized carbons (Fsp3) is 0.412. The highest BCUT2D eigenvalue weighted by molar-refractivity contribution is 5.83. The Morgan fingerprint density at radius 1 is 1.00 bits per heavy atom. The van der Waals surface area contributed by atoms with Crippen molar-refractivity contribution in [1.82, 2.24) is 10.2 Å². The number of nitrogens with zero attached hydrogens (tertiary/aromatic N) is 1. The zero-order chi connectivity index (χ0) is 13.1. The number of rotatable bonds is 3. The van der Waals surface area contributed by atoms with E-state index in [1.54, 1.807) is 0 Å². The molecule has 19 heavy (non-hydrogen) atoms. The van der Waals surface area contributed by atoms with Gasteiger partial charge in [0.25, 0.3) is 0 Å². The van der Waals surface area contributed by atoms with Crippen molar-refractivity contribution in [3.63, 3.8) is 0 Å². The van der Waals surface area contributed by atoms with Crippen LogP contribution in [0.15, 0.2) is 36.4 Å². The average Bonchev–Trinajstić information content (AvgIpc) is 2.46. The van der Waals surface area contributed by atoms with Gasteiger partial charge < -0.3 is 10.2 Å². The van der Waals surface area contributed by atoms with E-state index in [-0.39, 0.29) is 0 Å². The summed E-state index contributed by atoms with van der Waals surface area (Å²) in [5.74, 6) is 0. The molecule has 1 saturated heterocycles. The van der Waals surface area contributed by atoms with Crippen LogP contribution in [-0.4, -0.2) is 37.6 Å². The Kier molecular flexibility index (Phi) is 3.81. The van der Waals surface area contributed by atoms with Gasteiger partial charge >= 0.3 is 0 Å². The van der Waals surface area contributed by atoms with Gasteiger partial charge in [-0.1, -0.05) is 42.0 Å². The van der Waals surface area contributed by atoms with Crippen LogP contribution in [0.1, 0.15) is 11.1 Å². The first-order valence-electron chi connectivity index (χ1n) is 7.24. The number of hydrogen-bond donors (Lipinski definition) is 1. The van der Waals surface area contributed by atoms with Crippen LogP contribution in [0, 0.1) is 6.92 Å². The van der Waals surface area contributed by atoms with E-state index >= 15 is 0 Å². The van der Waals surface area contributed by atoms with E-state index in [9.17, 15) is 0 Å². The third kappa shape index (κ3) is 3.14. The topological polar surface area (TPSA) is 15.3 Å². The number of nitrogens with one attached hydrogen (secondary N) is 1. The maximum atomic E-state index is 3.40. The molecule has 3 rings (SSSR count). The number of hydrogen-bond acceptors (Lipinski definition) is 2. The average molecular weight is 254 g/mol. The van der Waals surface area contributed by atoms with Crippen molar-refractivity contribution in [3.8, 4) is 0 Å². The second-order valence-corrected chi connectivity index (χ2v) is 5.53. The lowest BCUT2D eigenvalue weighted by Gasteiger charge is -2.27. The molecule has 2 aromatic carbocycles. The molecule has 0 radical (unpaired) electrons. The first-order chi connectivity index (χ1) is 9.31. The van der Waals surface area contributed by atoms with Crippen LogP contribution in [0.25, 0.3) is 10.8 Å². The Balaban J connectivity index is 1.69. The van der Waals surface area contributed by atoms with Crippen molar-refractivity contribution >= 4 is 10.8 Å². The fourth-order valence-corrected chi connectivity index (χ4v) is 2.79. The molecule has 2 nitrogen and oxygen atoms in total. The van der Waals surface area contributed by atoms with Crippen LogP contribution >= 0.6 is 0 Å². The van der Waals surface area contributed by atoms with Gasteiger partial charge in [0, 0.05) is 32.7 Å². The van der Waals surface area contributed by atoms with Crippen molar-refractivity contribution in [2.45, 2.75) is 13.3 Å². The zero-order valence-corrected chi connectivity index (χ0v) is 11.7. The van der Waals surface area contributed by atoms with Gasteiger partial charge in [0.05, 0.1) is 0 Å². The minimum atomic E-state index is 1.14. The van der Waals surface area contributed by atoms with Gasteiger partial charge in [-0.05, 0) is 29.7 Å². The quantitative estimate of drug-likeness (QED) is 0.905. The predicted molar refractivity (Wildman–Crippen MR) is 81.7 cm³/mol. The molecule has 1 aliphatic rings. The molecule has 2 heteroatoms. The molecule has 2 aromatic rings. The predicted octanol–water partition coefficient (Wildman–Crippen LogP) is 2.60. The maximum Gasteiger partial charge on any atom is 0.0108 e.